The van der Waals surface area contributed by atoms with Crippen LogP contribution in [0.1, 0.15) is 13.8 Å². The van der Waals surface area contributed by atoms with Gasteiger partial charge < -0.3 is 5.32 Å². The van der Waals surface area contributed by atoms with Crippen molar-refractivity contribution in [3.8, 4) is 0 Å². The molecule has 0 atom stereocenters. The quantitative estimate of drug-likeness (QED) is 0.761. The normalized spacial score (nSPS) is 11.6. The van der Waals surface area contributed by atoms with Gasteiger partial charge in [0.1, 0.15) is 0 Å². The number of halogens is 2. The Bertz CT molecular complexity index is 602. The maximum absolute atomic E-state index is 11.9. The van der Waals surface area contributed by atoms with Crippen molar-refractivity contribution in [3.63, 3.8) is 0 Å². The molecule has 2 nitrogen and oxygen atoms in total. The summed E-state index contributed by atoms with van der Waals surface area (Å²) in [6, 6.07) is 11.9. The van der Waals surface area contributed by atoms with Crippen molar-refractivity contribution >= 4 is 54.2 Å². The summed E-state index contributed by atoms with van der Waals surface area (Å²) in [6.45, 7) is 3.64. The molecule has 0 fully saturated rings. The molecule has 1 amide bonds. The Labute approximate surface area is 123 Å². The predicted molar refractivity (Wildman–Crippen MR) is 83.3 cm³/mol. The number of fused-ring (bicyclic) bond motifs is 1. The number of amides is 1. The van der Waals surface area contributed by atoms with Crippen LogP contribution in [0.5, 0.6) is 0 Å². The molecule has 0 heterocycles. The number of benzene rings is 2. The maximum atomic E-state index is 11.9. The van der Waals surface area contributed by atoms with E-state index < -0.39 is 4.32 Å². The van der Waals surface area contributed by atoms with Crippen LogP contribution >= 0.6 is 31.9 Å². The molecule has 4 heteroatoms. The number of carbonyl (C=O) groups is 1. The minimum absolute atomic E-state index is 0.0565. The molecule has 2 rings (SSSR count). The zero-order valence-corrected chi connectivity index (χ0v) is 13.3. The third-order valence-corrected chi connectivity index (χ3v) is 3.45. The molecule has 0 aliphatic carbocycles. The van der Waals surface area contributed by atoms with E-state index in [1.165, 1.54) is 0 Å². The summed E-state index contributed by atoms with van der Waals surface area (Å²) in [5.41, 5.74) is 0.808. The van der Waals surface area contributed by atoms with E-state index in [0.29, 0.717) is 0 Å². The second-order valence-electron chi connectivity index (χ2n) is 4.63. The molecule has 0 aliphatic heterocycles. The topological polar surface area (TPSA) is 29.1 Å². The lowest BCUT2D eigenvalue weighted by atomic mass is 10.1. The van der Waals surface area contributed by atoms with E-state index >= 15 is 0 Å². The molecule has 2 aromatic rings. The Morgan fingerprint density at radius 2 is 1.72 bits per heavy atom. The molecular formula is C14H13Br2NO. The first-order valence-electron chi connectivity index (χ1n) is 5.56. The number of hydrogen-bond acceptors (Lipinski definition) is 1. The third kappa shape index (κ3) is 3.12. The Balaban J connectivity index is 2.31. The molecule has 0 spiro atoms. The molecule has 0 aliphatic rings. The maximum Gasteiger partial charge on any atom is 0.240 e. The van der Waals surface area contributed by atoms with Gasteiger partial charge in [0.25, 0.3) is 0 Å². The van der Waals surface area contributed by atoms with Crippen molar-refractivity contribution in [2.75, 3.05) is 5.32 Å². The van der Waals surface area contributed by atoms with E-state index in [9.17, 15) is 4.79 Å². The second kappa shape index (κ2) is 5.02. The number of carbonyl (C=O) groups excluding carboxylic acids is 1. The van der Waals surface area contributed by atoms with Gasteiger partial charge in [-0.05, 0) is 48.9 Å². The lowest BCUT2D eigenvalue weighted by Gasteiger charge is -2.16. The molecule has 0 bridgehead atoms. The van der Waals surface area contributed by atoms with Crippen LogP contribution in [0.15, 0.2) is 40.9 Å². The fourth-order valence-corrected chi connectivity index (χ4v) is 2.05. The van der Waals surface area contributed by atoms with Crippen molar-refractivity contribution in [1.29, 1.82) is 0 Å². The van der Waals surface area contributed by atoms with Gasteiger partial charge in [-0.1, -0.05) is 44.0 Å². The van der Waals surface area contributed by atoms with E-state index in [4.69, 9.17) is 0 Å². The van der Waals surface area contributed by atoms with Gasteiger partial charge in [-0.2, -0.15) is 0 Å². The average Bonchev–Trinajstić information content (AvgIpc) is 2.28. The largest absolute Gasteiger partial charge is 0.325 e. The number of hydrogen-bond donors (Lipinski definition) is 1. The Morgan fingerprint density at radius 3 is 2.39 bits per heavy atom. The summed E-state index contributed by atoms with van der Waals surface area (Å²) in [5.74, 6) is -0.0565. The predicted octanol–water partition coefficient (Wildman–Crippen LogP) is 4.71. The van der Waals surface area contributed by atoms with Crippen LogP contribution in [0.3, 0.4) is 0 Å². The van der Waals surface area contributed by atoms with Gasteiger partial charge in [-0.15, -0.1) is 0 Å². The van der Waals surface area contributed by atoms with Crippen LogP contribution in [0, 0.1) is 0 Å². The zero-order chi connectivity index (χ0) is 13.3. The lowest BCUT2D eigenvalue weighted by molar-refractivity contribution is -0.117. The van der Waals surface area contributed by atoms with Crippen LogP contribution in [0.25, 0.3) is 10.8 Å². The van der Waals surface area contributed by atoms with E-state index in [2.05, 4.69) is 43.2 Å². The summed E-state index contributed by atoms with van der Waals surface area (Å²) in [4.78, 5) is 11.9. The molecule has 2 aromatic carbocycles. The Morgan fingerprint density at radius 1 is 1.11 bits per heavy atom. The monoisotopic (exact) mass is 369 g/mol. The van der Waals surface area contributed by atoms with E-state index in [0.717, 1.165) is 20.9 Å². The highest BCUT2D eigenvalue weighted by atomic mass is 79.9. The van der Waals surface area contributed by atoms with E-state index in [1.54, 1.807) is 0 Å². The summed E-state index contributed by atoms with van der Waals surface area (Å²) < 4.78 is 0.482. The molecule has 0 aromatic heterocycles. The minimum Gasteiger partial charge on any atom is -0.325 e. The van der Waals surface area contributed by atoms with Crippen LogP contribution in [-0.2, 0) is 4.79 Å². The number of rotatable bonds is 2. The van der Waals surface area contributed by atoms with Gasteiger partial charge in [-0.3, -0.25) is 4.79 Å². The molecule has 1 N–H and O–H groups in total. The van der Waals surface area contributed by atoms with Gasteiger partial charge in [0.2, 0.25) is 5.91 Å². The van der Waals surface area contributed by atoms with Crippen LogP contribution < -0.4 is 5.32 Å². The SMILES string of the molecule is CC(C)(Br)C(=O)Nc1ccc2cc(Br)ccc2c1. The standard InChI is InChI=1S/C14H13Br2NO/c1-14(2,16)13(18)17-12-6-4-9-7-11(15)5-3-10(9)8-12/h3-8H,1-2H3,(H,17,18). The second-order valence-corrected chi connectivity index (χ2v) is 7.53. The number of anilines is 1. The molecular weight excluding hydrogens is 358 g/mol. The molecule has 0 saturated heterocycles. The molecule has 0 radical (unpaired) electrons. The summed E-state index contributed by atoms with van der Waals surface area (Å²) in [6.07, 6.45) is 0. The fourth-order valence-electron chi connectivity index (χ4n) is 1.57. The molecule has 94 valence electrons. The number of alkyl halides is 1. The van der Waals surface area contributed by atoms with Crippen molar-refractivity contribution in [2.45, 2.75) is 18.2 Å². The van der Waals surface area contributed by atoms with E-state index in [-0.39, 0.29) is 5.91 Å². The fraction of sp³-hybridized carbons (Fsp3) is 0.214. The Hall–Kier alpha value is -0.870. The number of nitrogens with one attached hydrogen (secondary N) is 1. The Kier molecular flexibility index (Phi) is 3.78. The summed E-state index contributed by atoms with van der Waals surface area (Å²) in [5, 5.41) is 5.13. The molecule has 0 unspecified atom stereocenters. The van der Waals surface area contributed by atoms with Crippen molar-refractivity contribution < 1.29 is 4.79 Å². The highest BCUT2D eigenvalue weighted by Gasteiger charge is 2.23. The average molecular weight is 371 g/mol. The molecule has 0 saturated carbocycles. The smallest absolute Gasteiger partial charge is 0.240 e. The minimum atomic E-state index is -0.568. The van der Waals surface area contributed by atoms with Crippen LogP contribution in [-0.4, -0.2) is 10.2 Å². The van der Waals surface area contributed by atoms with Crippen LogP contribution in [0.2, 0.25) is 0 Å². The van der Waals surface area contributed by atoms with Crippen molar-refractivity contribution in [1.82, 2.24) is 0 Å². The molecule has 18 heavy (non-hydrogen) atoms. The van der Waals surface area contributed by atoms with Gasteiger partial charge in [0.05, 0.1) is 4.32 Å². The summed E-state index contributed by atoms with van der Waals surface area (Å²) in [7, 11) is 0. The van der Waals surface area contributed by atoms with Gasteiger partial charge in [0, 0.05) is 10.2 Å². The zero-order valence-electron chi connectivity index (χ0n) is 10.1. The van der Waals surface area contributed by atoms with E-state index in [1.807, 2.05) is 44.2 Å². The lowest BCUT2D eigenvalue weighted by Crippen LogP contribution is -2.30. The van der Waals surface area contributed by atoms with Gasteiger partial charge in [0.15, 0.2) is 0 Å². The van der Waals surface area contributed by atoms with Crippen molar-refractivity contribution in [3.05, 3.63) is 40.9 Å². The first-order valence-corrected chi connectivity index (χ1v) is 7.14. The first kappa shape index (κ1) is 13.6. The highest BCUT2D eigenvalue weighted by molar-refractivity contribution is 9.10. The van der Waals surface area contributed by atoms with Gasteiger partial charge >= 0.3 is 0 Å². The van der Waals surface area contributed by atoms with Gasteiger partial charge in [-0.25, -0.2) is 0 Å². The first-order chi connectivity index (χ1) is 8.36. The van der Waals surface area contributed by atoms with Crippen molar-refractivity contribution in [2.24, 2.45) is 0 Å². The summed E-state index contributed by atoms with van der Waals surface area (Å²) >= 11 is 6.78. The van der Waals surface area contributed by atoms with Crippen LogP contribution in [0.4, 0.5) is 5.69 Å². The highest BCUT2D eigenvalue weighted by Crippen LogP contribution is 2.24. The third-order valence-electron chi connectivity index (χ3n) is 2.60.